The van der Waals surface area contributed by atoms with Crippen LogP contribution in [-0.2, 0) is 6.42 Å². The number of alkyl halides is 1. The van der Waals surface area contributed by atoms with Crippen LogP contribution in [-0.4, -0.2) is 5.88 Å². The van der Waals surface area contributed by atoms with E-state index < -0.39 is 0 Å². The van der Waals surface area contributed by atoms with E-state index in [9.17, 15) is 4.39 Å². The van der Waals surface area contributed by atoms with Gasteiger partial charge in [-0.1, -0.05) is 54.6 Å². The summed E-state index contributed by atoms with van der Waals surface area (Å²) in [5.41, 5.74) is 2.36. The Bertz CT molecular complexity index is 729. The predicted molar refractivity (Wildman–Crippen MR) is 87.5 cm³/mol. The summed E-state index contributed by atoms with van der Waals surface area (Å²) in [7, 11) is 0. The van der Waals surface area contributed by atoms with Gasteiger partial charge >= 0.3 is 0 Å². The van der Waals surface area contributed by atoms with Gasteiger partial charge in [-0.05, 0) is 40.5 Å². The first kappa shape index (κ1) is 14.1. The Labute approximate surface area is 129 Å². The van der Waals surface area contributed by atoms with E-state index in [0.29, 0.717) is 5.88 Å². The maximum Gasteiger partial charge on any atom is 0.123 e. The highest BCUT2D eigenvalue weighted by Gasteiger charge is 2.13. The number of halogens is 2. The van der Waals surface area contributed by atoms with Crippen LogP contribution in [0.2, 0.25) is 0 Å². The fraction of sp³-hybridized carbons (Fsp3) is 0.158. The van der Waals surface area contributed by atoms with Gasteiger partial charge in [0.05, 0.1) is 0 Å². The largest absolute Gasteiger partial charge is 0.207 e. The highest BCUT2D eigenvalue weighted by Crippen LogP contribution is 2.27. The van der Waals surface area contributed by atoms with Crippen LogP contribution >= 0.6 is 11.6 Å². The van der Waals surface area contributed by atoms with Gasteiger partial charge in [-0.25, -0.2) is 4.39 Å². The Morgan fingerprint density at radius 3 is 2.33 bits per heavy atom. The molecule has 0 radical (unpaired) electrons. The van der Waals surface area contributed by atoms with E-state index in [4.69, 9.17) is 11.6 Å². The van der Waals surface area contributed by atoms with Crippen LogP contribution in [0.25, 0.3) is 10.8 Å². The van der Waals surface area contributed by atoms with Crippen molar-refractivity contribution in [1.29, 1.82) is 0 Å². The van der Waals surface area contributed by atoms with Gasteiger partial charge in [-0.2, -0.15) is 0 Å². The number of hydrogen-bond donors (Lipinski definition) is 0. The first-order chi connectivity index (χ1) is 10.3. The molecule has 2 heteroatoms. The third-order valence-electron chi connectivity index (χ3n) is 3.87. The zero-order valence-electron chi connectivity index (χ0n) is 11.6. The zero-order valence-corrected chi connectivity index (χ0v) is 12.4. The van der Waals surface area contributed by atoms with Gasteiger partial charge in [-0.3, -0.25) is 0 Å². The highest BCUT2D eigenvalue weighted by atomic mass is 35.5. The molecule has 0 aliphatic rings. The van der Waals surface area contributed by atoms with Crippen molar-refractivity contribution in [2.45, 2.75) is 12.3 Å². The van der Waals surface area contributed by atoms with E-state index in [-0.39, 0.29) is 11.7 Å². The standard InChI is InChI=1S/C19H16ClF/c20-13-17(14-8-10-18(21)11-9-14)12-16-6-3-5-15-4-1-2-7-19(15)16/h1-11,17H,12-13H2. The maximum atomic E-state index is 13.1. The minimum Gasteiger partial charge on any atom is -0.207 e. The van der Waals surface area contributed by atoms with Crippen LogP contribution < -0.4 is 0 Å². The van der Waals surface area contributed by atoms with Crippen molar-refractivity contribution in [2.75, 3.05) is 5.88 Å². The number of rotatable bonds is 4. The summed E-state index contributed by atoms with van der Waals surface area (Å²) in [6.45, 7) is 0. The minimum absolute atomic E-state index is 0.193. The van der Waals surface area contributed by atoms with Gasteiger partial charge < -0.3 is 0 Å². The zero-order chi connectivity index (χ0) is 14.7. The van der Waals surface area contributed by atoms with Crippen molar-refractivity contribution >= 4 is 22.4 Å². The summed E-state index contributed by atoms with van der Waals surface area (Å²) >= 11 is 6.15. The smallest absolute Gasteiger partial charge is 0.123 e. The molecule has 0 aliphatic carbocycles. The molecule has 0 saturated heterocycles. The molecule has 0 N–H and O–H groups in total. The van der Waals surface area contributed by atoms with Crippen LogP contribution in [0.3, 0.4) is 0 Å². The molecule has 3 rings (SSSR count). The van der Waals surface area contributed by atoms with Crippen molar-refractivity contribution in [2.24, 2.45) is 0 Å². The quantitative estimate of drug-likeness (QED) is 0.554. The highest BCUT2D eigenvalue weighted by molar-refractivity contribution is 6.18. The molecular formula is C19H16ClF. The predicted octanol–water partition coefficient (Wildman–Crippen LogP) is 5.54. The fourth-order valence-electron chi connectivity index (χ4n) is 2.73. The average Bonchev–Trinajstić information content (AvgIpc) is 2.54. The number of hydrogen-bond acceptors (Lipinski definition) is 0. The fourth-order valence-corrected chi connectivity index (χ4v) is 3.02. The van der Waals surface area contributed by atoms with Gasteiger partial charge in [-0.15, -0.1) is 11.6 Å². The molecule has 1 unspecified atom stereocenters. The first-order valence-electron chi connectivity index (χ1n) is 7.06. The summed E-state index contributed by atoms with van der Waals surface area (Å²) in [5, 5.41) is 2.50. The molecule has 0 fully saturated rings. The van der Waals surface area contributed by atoms with Crippen LogP contribution in [0.5, 0.6) is 0 Å². The van der Waals surface area contributed by atoms with E-state index in [1.807, 2.05) is 18.2 Å². The Kier molecular flexibility index (Phi) is 4.21. The Hall–Kier alpha value is -1.86. The molecule has 0 saturated carbocycles. The van der Waals surface area contributed by atoms with Crippen LogP contribution in [0, 0.1) is 5.82 Å². The molecule has 106 valence electrons. The Morgan fingerprint density at radius 1 is 0.857 bits per heavy atom. The molecule has 21 heavy (non-hydrogen) atoms. The summed E-state index contributed by atoms with van der Waals surface area (Å²) in [6, 6.07) is 21.3. The third-order valence-corrected chi connectivity index (χ3v) is 4.25. The van der Waals surface area contributed by atoms with E-state index in [1.165, 1.54) is 28.5 Å². The third kappa shape index (κ3) is 3.08. The number of fused-ring (bicyclic) bond motifs is 1. The van der Waals surface area contributed by atoms with E-state index >= 15 is 0 Å². The van der Waals surface area contributed by atoms with Gasteiger partial charge in [0.1, 0.15) is 5.82 Å². The Morgan fingerprint density at radius 2 is 1.57 bits per heavy atom. The number of benzene rings is 3. The molecule has 0 spiro atoms. The Balaban J connectivity index is 1.94. The molecule has 0 aromatic heterocycles. The van der Waals surface area contributed by atoms with Gasteiger partial charge in [0.25, 0.3) is 0 Å². The summed E-state index contributed by atoms with van der Waals surface area (Å²) in [5.74, 6) is 0.504. The second kappa shape index (κ2) is 6.28. The van der Waals surface area contributed by atoms with Crippen molar-refractivity contribution in [1.82, 2.24) is 0 Å². The van der Waals surface area contributed by atoms with Crippen LogP contribution in [0.4, 0.5) is 4.39 Å². The molecule has 0 amide bonds. The monoisotopic (exact) mass is 298 g/mol. The summed E-state index contributed by atoms with van der Waals surface area (Å²) in [6.07, 6.45) is 0.858. The minimum atomic E-state index is -0.211. The molecule has 1 atom stereocenters. The summed E-state index contributed by atoms with van der Waals surface area (Å²) < 4.78 is 13.1. The van der Waals surface area contributed by atoms with Crippen molar-refractivity contribution < 1.29 is 4.39 Å². The normalized spacial score (nSPS) is 12.5. The second-order valence-electron chi connectivity index (χ2n) is 5.25. The maximum absolute atomic E-state index is 13.1. The van der Waals surface area contributed by atoms with E-state index in [2.05, 4.69) is 36.4 Å². The van der Waals surface area contributed by atoms with Crippen LogP contribution in [0.1, 0.15) is 17.0 Å². The van der Waals surface area contributed by atoms with Gasteiger partial charge in [0.2, 0.25) is 0 Å². The van der Waals surface area contributed by atoms with E-state index in [1.54, 1.807) is 0 Å². The first-order valence-corrected chi connectivity index (χ1v) is 7.59. The lowest BCUT2D eigenvalue weighted by molar-refractivity contribution is 0.625. The summed E-state index contributed by atoms with van der Waals surface area (Å²) in [4.78, 5) is 0. The van der Waals surface area contributed by atoms with Crippen molar-refractivity contribution in [3.05, 3.63) is 83.7 Å². The average molecular weight is 299 g/mol. The van der Waals surface area contributed by atoms with Crippen molar-refractivity contribution in [3.8, 4) is 0 Å². The molecule has 3 aromatic rings. The molecule has 0 nitrogen and oxygen atoms in total. The lowest BCUT2D eigenvalue weighted by Crippen LogP contribution is -2.05. The SMILES string of the molecule is Fc1ccc(C(CCl)Cc2cccc3ccccc23)cc1. The topological polar surface area (TPSA) is 0 Å². The molecular weight excluding hydrogens is 283 g/mol. The molecule has 0 bridgehead atoms. The van der Waals surface area contributed by atoms with Gasteiger partial charge in [0.15, 0.2) is 0 Å². The molecule has 0 aliphatic heterocycles. The second-order valence-corrected chi connectivity index (χ2v) is 5.55. The van der Waals surface area contributed by atoms with Gasteiger partial charge in [0, 0.05) is 11.8 Å². The van der Waals surface area contributed by atoms with Crippen molar-refractivity contribution in [3.63, 3.8) is 0 Å². The molecule has 3 aromatic carbocycles. The lowest BCUT2D eigenvalue weighted by atomic mass is 9.91. The van der Waals surface area contributed by atoms with Crippen LogP contribution in [0.15, 0.2) is 66.7 Å². The molecule has 0 heterocycles. The lowest BCUT2D eigenvalue weighted by Gasteiger charge is -2.16. The van der Waals surface area contributed by atoms with E-state index in [0.717, 1.165) is 12.0 Å².